The summed E-state index contributed by atoms with van der Waals surface area (Å²) < 4.78 is 31.4. The highest BCUT2D eigenvalue weighted by atomic mass is 19.1. The van der Waals surface area contributed by atoms with E-state index in [1.54, 1.807) is 13.0 Å². The van der Waals surface area contributed by atoms with E-state index in [1.165, 1.54) is 7.11 Å². The molecule has 35 heavy (non-hydrogen) atoms. The number of halogens is 1. The van der Waals surface area contributed by atoms with Crippen LogP contribution in [0, 0.1) is 12.7 Å². The molecule has 184 valence electrons. The number of nitrogens with one attached hydrogen (secondary N) is 1. The lowest BCUT2D eigenvalue weighted by Crippen LogP contribution is -2.44. The molecule has 5 rings (SSSR count). The summed E-state index contributed by atoms with van der Waals surface area (Å²) in [6, 6.07) is 9.79. The zero-order valence-electron chi connectivity index (χ0n) is 20.7. The van der Waals surface area contributed by atoms with Crippen molar-refractivity contribution in [3.8, 4) is 17.0 Å². The number of aryl methyl sites for hydroxylation is 1. The SMILES string of the molecule is COCOc1c(-c2ccc3nc(N4CCC(NC(C)(C)C)C4)ccc3n2)cc2oc(C)nc2c1F. The van der Waals surface area contributed by atoms with E-state index in [4.69, 9.17) is 23.9 Å². The van der Waals surface area contributed by atoms with Crippen LogP contribution in [0.1, 0.15) is 33.1 Å². The second kappa shape index (κ2) is 9.05. The van der Waals surface area contributed by atoms with Gasteiger partial charge in [-0.3, -0.25) is 0 Å². The summed E-state index contributed by atoms with van der Waals surface area (Å²) in [6.45, 7) is 10.00. The predicted molar refractivity (Wildman–Crippen MR) is 133 cm³/mol. The molecule has 8 nitrogen and oxygen atoms in total. The van der Waals surface area contributed by atoms with Crippen LogP contribution in [-0.2, 0) is 4.74 Å². The minimum absolute atomic E-state index is 0.0264. The first-order valence-electron chi connectivity index (χ1n) is 11.7. The van der Waals surface area contributed by atoms with Gasteiger partial charge in [-0.15, -0.1) is 0 Å². The van der Waals surface area contributed by atoms with Crippen LogP contribution in [0.5, 0.6) is 5.75 Å². The van der Waals surface area contributed by atoms with Crippen molar-refractivity contribution in [1.29, 1.82) is 0 Å². The Bertz CT molecular complexity index is 1380. The summed E-state index contributed by atoms with van der Waals surface area (Å²) >= 11 is 0. The van der Waals surface area contributed by atoms with Gasteiger partial charge in [-0.05, 0) is 57.5 Å². The number of oxazole rings is 1. The molecule has 4 heterocycles. The first kappa shape index (κ1) is 23.4. The van der Waals surface area contributed by atoms with Gasteiger partial charge in [-0.25, -0.2) is 19.3 Å². The van der Waals surface area contributed by atoms with Crippen molar-refractivity contribution in [3.63, 3.8) is 0 Å². The van der Waals surface area contributed by atoms with Crippen molar-refractivity contribution in [2.75, 3.05) is 31.9 Å². The molecule has 1 aliphatic rings. The summed E-state index contributed by atoms with van der Waals surface area (Å²) in [4.78, 5) is 16.0. The molecule has 0 bridgehead atoms. The molecule has 0 spiro atoms. The van der Waals surface area contributed by atoms with E-state index in [9.17, 15) is 0 Å². The smallest absolute Gasteiger partial charge is 0.195 e. The lowest BCUT2D eigenvalue weighted by atomic mass is 10.1. The Hall–Kier alpha value is -3.30. The molecule has 1 saturated heterocycles. The average Bonchev–Trinajstić information content (AvgIpc) is 3.42. The number of aromatic nitrogens is 3. The fraction of sp³-hybridized carbons (Fsp3) is 0.423. The number of pyridine rings is 2. The van der Waals surface area contributed by atoms with Crippen LogP contribution in [0.25, 0.3) is 33.4 Å². The van der Waals surface area contributed by atoms with Crippen LogP contribution in [0.15, 0.2) is 34.7 Å². The van der Waals surface area contributed by atoms with Crippen LogP contribution >= 0.6 is 0 Å². The van der Waals surface area contributed by atoms with Gasteiger partial charge in [-0.1, -0.05) is 0 Å². The second-order valence-electron chi connectivity index (χ2n) is 9.93. The highest BCUT2D eigenvalue weighted by Gasteiger charge is 2.27. The van der Waals surface area contributed by atoms with Gasteiger partial charge in [0.25, 0.3) is 0 Å². The second-order valence-corrected chi connectivity index (χ2v) is 9.93. The van der Waals surface area contributed by atoms with Crippen LogP contribution in [0.3, 0.4) is 0 Å². The molecule has 1 atom stereocenters. The van der Waals surface area contributed by atoms with Gasteiger partial charge in [0.15, 0.2) is 29.8 Å². The van der Waals surface area contributed by atoms with Crippen LogP contribution in [-0.4, -0.2) is 53.5 Å². The maximum absolute atomic E-state index is 15.3. The number of hydrogen-bond acceptors (Lipinski definition) is 8. The number of fused-ring (bicyclic) bond motifs is 2. The summed E-state index contributed by atoms with van der Waals surface area (Å²) in [5.74, 6) is 0.727. The number of methoxy groups -OCH3 is 1. The van der Waals surface area contributed by atoms with E-state index in [0.717, 1.165) is 30.8 Å². The number of rotatable bonds is 6. The normalized spacial score (nSPS) is 16.5. The minimum Gasteiger partial charge on any atom is -0.464 e. The van der Waals surface area contributed by atoms with Crippen molar-refractivity contribution in [1.82, 2.24) is 20.3 Å². The summed E-state index contributed by atoms with van der Waals surface area (Å²) in [7, 11) is 1.48. The highest BCUT2D eigenvalue weighted by Crippen LogP contribution is 2.37. The van der Waals surface area contributed by atoms with E-state index in [-0.39, 0.29) is 23.6 Å². The minimum atomic E-state index is -0.603. The molecule has 0 radical (unpaired) electrons. The lowest BCUT2D eigenvalue weighted by molar-refractivity contribution is 0.0489. The summed E-state index contributed by atoms with van der Waals surface area (Å²) in [5, 5.41) is 3.67. The van der Waals surface area contributed by atoms with Crippen molar-refractivity contribution in [2.24, 2.45) is 0 Å². The Morgan fingerprint density at radius 2 is 1.91 bits per heavy atom. The van der Waals surface area contributed by atoms with Crippen molar-refractivity contribution < 1.29 is 18.3 Å². The number of anilines is 1. The molecule has 9 heteroatoms. The van der Waals surface area contributed by atoms with Crippen LogP contribution in [0.2, 0.25) is 0 Å². The number of hydrogen-bond donors (Lipinski definition) is 1. The van der Waals surface area contributed by atoms with Crippen molar-refractivity contribution in [2.45, 2.75) is 45.7 Å². The maximum Gasteiger partial charge on any atom is 0.195 e. The average molecular weight is 480 g/mol. The zero-order chi connectivity index (χ0) is 24.7. The zero-order valence-corrected chi connectivity index (χ0v) is 20.7. The molecular weight excluding hydrogens is 449 g/mol. The van der Waals surface area contributed by atoms with E-state index < -0.39 is 5.82 Å². The van der Waals surface area contributed by atoms with E-state index >= 15 is 4.39 Å². The van der Waals surface area contributed by atoms with Crippen LogP contribution in [0.4, 0.5) is 10.2 Å². The van der Waals surface area contributed by atoms with E-state index in [0.29, 0.717) is 34.3 Å². The standard InChI is InChI=1S/C26H30FN5O3/c1-15-28-24-21(35-15)12-17(25(23(24)27)34-14-33-5)18-6-7-20-19(29-18)8-9-22(30-20)32-11-10-16(13-32)31-26(2,3)4/h6-9,12,16,31H,10-11,13-14H2,1-5H3. The third-order valence-corrected chi connectivity index (χ3v) is 5.96. The van der Waals surface area contributed by atoms with Crippen molar-refractivity contribution >= 4 is 28.0 Å². The first-order chi connectivity index (χ1) is 16.7. The number of benzene rings is 1. The molecule has 0 aliphatic carbocycles. The number of ether oxygens (including phenoxy) is 2. The third kappa shape index (κ3) is 4.78. The van der Waals surface area contributed by atoms with Gasteiger partial charge in [0.05, 0.1) is 16.7 Å². The fourth-order valence-corrected chi connectivity index (χ4v) is 4.59. The number of nitrogens with zero attached hydrogens (tertiary/aromatic N) is 4. The molecule has 3 aromatic heterocycles. The molecule has 1 fully saturated rings. The Morgan fingerprint density at radius 3 is 2.69 bits per heavy atom. The first-order valence-corrected chi connectivity index (χ1v) is 11.7. The summed E-state index contributed by atoms with van der Waals surface area (Å²) in [6.07, 6.45) is 1.08. The van der Waals surface area contributed by atoms with Gasteiger partial charge in [-0.2, -0.15) is 0 Å². The third-order valence-electron chi connectivity index (χ3n) is 5.96. The lowest BCUT2D eigenvalue weighted by Gasteiger charge is -2.26. The maximum atomic E-state index is 15.3. The molecule has 4 aromatic rings. The molecule has 1 N–H and O–H groups in total. The molecular formula is C26H30FN5O3. The Morgan fingerprint density at radius 1 is 1.14 bits per heavy atom. The Kier molecular flexibility index (Phi) is 6.06. The van der Waals surface area contributed by atoms with Gasteiger partial charge >= 0.3 is 0 Å². The molecule has 1 aliphatic heterocycles. The molecule has 1 aromatic carbocycles. The molecule has 0 saturated carbocycles. The monoisotopic (exact) mass is 479 g/mol. The van der Waals surface area contributed by atoms with E-state index in [1.807, 2.05) is 24.3 Å². The largest absolute Gasteiger partial charge is 0.464 e. The fourth-order valence-electron chi connectivity index (χ4n) is 4.59. The predicted octanol–water partition coefficient (Wildman–Crippen LogP) is 4.84. The van der Waals surface area contributed by atoms with Gasteiger partial charge in [0, 0.05) is 44.3 Å². The van der Waals surface area contributed by atoms with Crippen molar-refractivity contribution in [3.05, 3.63) is 42.0 Å². The topological polar surface area (TPSA) is 85.5 Å². The highest BCUT2D eigenvalue weighted by molar-refractivity contribution is 5.87. The van der Waals surface area contributed by atoms with Gasteiger partial charge in [0.2, 0.25) is 0 Å². The Balaban J connectivity index is 1.48. The quantitative estimate of drug-likeness (QED) is 0.394. The Labute approximate surface area is 203 Å². The molecule has 0 amide bonds. The van der Waals surface area contributed by atoms with Gasteiger partial charge in [0.1, 0.15) is 11.3 Å². The van der Waals surface area contributed by atoms with Gasteiger partial charge < -0.3 is 24.1 Å². The van der Waals surface area contributed by atoms with Crippen LogP contribution < -0.4 is 15.0 Å². The molecule has 1 unspecified atom stereocenters. The van der Waals surface area contributed by atoms with E-state index in [2.05, 4.69) is 36.0 Å². The summed E-state index contributed by atoms with van der Waals surface area (Å²) in [5.41, 5.74) is 3.03.